The largest absolute Gasteiger partial charge is 0.481 e. The molecule has 3 N–H and O–H groups in total. The zero-order valence-electron chi connectivity index (χ0n) is 18.7. The van der Waals surface area contributed by atoms with E-state index in [2.05, 4.69) is 16.6 Å². The Hall–Kier alpha value is -3.79. The Morgan fingerprint density at radius 1 is 1.03 bits per heavy atom. The number of carbonyl (C=O) groups excluding carboxylic acids is 2. The number of carboxylic acid groups (broad SMARTS) is 1. The number of aliphatic carboxylic acids is 1. The number of alkyl carbamates (subject to hydrolysis) is 1. The van der Waals surface area contributed by atoms with Gasteiger partial charge in [-0.05, 0) is 28.2 Å². The summed E-state index contributed by atoms with van der Waals surface area (Å²) < 4.78 is 5.49. The number of amides is 2. The van der Waals surface area contributed by atoms with Crippen molar-refractivity contribution in [2.75, 3.05) is 6.61 Å². The molecule has 7 nitrogen and oxygen atoms in total. The van der Waals surface area contributed by atoms with E-state index >= 15 is 0 Å². The molecule has 0 radical (unpaired) electrons. The van der Waals surface area contributed by atoms with Gasteiger partial charge in [0.15, 0.2) is 0 Å². The number of rotatable bonds is 9. The van der Waals surface area contributed by atoms with Crippen molar-refractivity contribution in [3.8, 4) is 23.5 Å². The summed E-state index contributed by atoms with van der Waals surface area (Å²) in [5.74, 6) is 0.598. The molecule has 33 heavy (non-hydrogen) atoms. The van der Waals surface area contributed by atoms with Crippen molar-refractivity contribution in [3.05, 3.63) is 59.7 Å². The van der Waals surface area contributed by atoms with Crippen LogP contribution < -0.4 is 10.6 Å². The van der Waals surface area contributed by atoms with E-state index in [9.17, 15) is 14.4 Å². The quantitative estimate of drug-likeness (QED) is 0.509. The molecule has 0 aliphatic heterocycles. The Morgan fingerprint density at radius 2 is 1.61 bits per heavy atom. The zero-order valence-corrected chi connectivity index (χ0v) is 18.7. The second-order valence-corrected chi connectivity index (χ2v) is 8.39. The van der Waals surface area contributed by atoms with Crippen LogP contribution in [0.2, 0.25) is 0 Å². The van der Waals surface area contributed by atoms with Crippen molar-refractivity contribution in [2.45, 2.75) is 44.7 Å². The van der Waals surface area contributed by atoms with Crippen molar-refractivity contribution in [1.82, 2.24) is 10.6 Å². The highest BCUT2D eigenvalue weighted by Crippen LogP contribution is 2.44. The van der Waals surface area contributed by atoms with E-state index in [0.717, 1.165) is 22.3 Å². The molecular formula is C26H28N2O5. The average molecular weight is 449 g/mol. The van der Waals surface area contributed by atoms with Gasteiger partial charge in [-0.2, -0.15) is 0 Å². The van der Waals surface area contributed by atoms with E-state index in [4.69, 9.17) is 16.3 Å². The summed E-state index contributed by atoms with van der Waals surface area (Å²) in [6, 6.07) is 14.4. The van der Waals surface area contributed by atoms with Gasteiger partial charge in [0.25, 0.3) is 0 Å². The van der Waals surface area contributed by atoms with E-state index in [1.807, 2.05) is 62.4 Å². The average Bonchev–Trinajstić information content (AvgIpc) is 3.10. The number of hydrogen-bond donors (Lipinski definition) is 3. The van der Waals surface area contributed by atoms with E-state index in [1.165, 1.54) is 0 Å². The van der Waals surface area contributed by atoms with E-state index in [1.54, 1.807) is 0 Å². The Morgan fingerprint density at radius 3 is 2.12 bits per heavy atom. The number of terminal acetylenes is 1. The number of fused-ring (bicyclic) bond motifs is 3. The molecule has 0 saturated heterocycles. The molecule has 1 aliphatic carbocycles. The summed E-state index contributed by atoms with van der Waals surface area (Å²) in [5, 5.41) is 14.3. The van der Waals surface area contributed by atoms with Crippen molar-refractivity contribution in [2.24, 2.45) is 5.92 Å². The molecule has 2 aromatic carbocycles. The Labute approximate surface area is 193 Å². The number of ether oxygens (including phenoxy) is 1. The van der Waals surface area contributed by atoms with Crippen LogP contribution in [-0.4, -0.2) is 41.8 Å². The van der Waals surface area contributed by atoms with Crippen molar-refractivity contribution in [1.29, 1.82) is 0 Å². The smallest absolute Gasteiger partial charge is 0.407 e. The van der Waals surface area contributed by atoms with Gasteiger partial charge >= 0.3 is 12.1 Å². The Bertz CT molecular complexity index is 1030. The van der Waals surface area contributed by atoms with Crippen molar-refractivity contribution >= 4 is 18.0 Å². The third kappa shape index (κ3) is 5.72. The molecule has 2 atom stereocenters. The van der Waals surface area contributed by atoms with Gasteiger partial charge in [0.2, 0.25) is 5.91 Å². The molecule has 7 heteroatoms. The fourth-order valence-electron chi connectivity index (χ4n) is 4.03. The number of benzene rings is 2. The monoisotopic (exact) mass is 448 g/mol. The maximum absolute atomic E-state index is 12.7. The SMILES string of the molecule is C#CCC(NC(=O)OCC1c2ccccc2-c2ccccc21)C(=O)NC(CC(=O)O)C(C)C. The normalized spacial score (nSPS) is 13.9. The van der Waals surface area contributed by atoms with Crippen molar-refractivity contribution < 1.29 is 24.2 Å². The van der Waals surface area contributed by atoms with Crippen LogP contribution in [-0.2, 0) is 14.3 Å². The van der Waals surface area contributed by atoms with Crippen LogP contribution in [0.3, 0.4) is 0 Å². The highest BCUT2D eigenvalue weighted by Gasteiger charge is 2.30. The van der Waals surface area contributed by atoms with E-state index in [-0.39, 0.29) is 31.3 Å². The van der Waals surface area contributed by atoms with Gasteiger partial charge < -0.3 is 20.5 Å². The first kappa shape index (κ1) is 23.9. The molecule has 3 rings (SSSR count). The predicted octanol–water partition coefficient (Wildman–Crippen LogP) is 3.53. The second-order valence-electron chi connectivity index (χ2n) is 8.39. The molecule has 2 aromatic rings. The molecule has 0 bridgehead atoms. The second kappa shape index (κ2) is 10.7. The van der Waals surface area contributed by atoms with Crippen LogP contribution in [0, 0.1) is 18.3 Å². The number of nitrogens with one attached hydrogen (secondary N) is 2. The fraction of sp³-hybridized carbons (Fsp3) is 0.346. The van der Waals surface area contributed by atoms with Crippen LogP contribution in [0.4, 0.5) is 4.79 Å². The highest BCUT2D eigenvalue weighted by molar-refractivity contribution is 5.86. The summed E-state index contributed by atoms with van der Waals surface area (Å²) in [7, 11) is 0. The number of carboxylic acids is 1. The van der Waals surface area contributed by atoms with Gasteiger partial charge in [-0.25, -0.2) is 4.79 Å². The predicted molar refractivity (Wildman–Crippen MR) is 124 cm³/mol. The van der Waals surface area contributed by atoms with Crippen molar-refractivity contribution in [3.63, 3.8) is 0 Å². The topological polar surface area (TPSA) is 105 Å². The van der Waals surface area contributed by atoms with Gasteiger partial charge in [-0.15, -0.1) is 12.3 Å². The summed E-state index contributed by atoms with van der Waals surface area (Å²) in [6.45, 7) is 3.73. The summed E-state index contributed by atoms with van der Waals surface area (Å²) in [4.78, 5) is 36.3. The highest BCUT2D eigenvalue weighted by atomic mass is 16.5. The lowest BCUT2D eigenvalue weighted by molar-refractivity contribution is -0.138. The molecule has 2 unspecified atom stereocenters. The standard InChI is InChI=1S/C26H28N2O5/c1-4-9-22(25(31)27-23(16(2)3)14-24(29)30)28-26(32)33-15-21-19-12-7-5-10-17(19)18-11-6-8-13-20(18)21/h1,5-8,10-13,16,21-23H,9,14-15H2,2-3H3,(H,27,31)(H,28,32)(H,29,30). The molecule has 172 valence electrons. The lowest BCUT2D eigenvalue weighted by atomic mass is 9.98. The zero-order chi connectivity index (χ0) is 24.0. The maximum atomic E-state index is 12.7. The number of carbonyl (C=O) groups is 3. The van der Waals surface area contributed by atoms with Gasteiger partial charge in [-0.3, -0.25) is 9.59 Å². The van der Waals surface area contributed by atoms with E-state index in [0.29, 0.717) is 0 Å². The summed E-state index contributed by atoms with van der Waals surface area (Å²) in [6.07, 6.45) is 4.35. The van der Waals surface area contributed by atoms with Crippen LogP contribution in [0.15, 0.2) is 48.5 Å². The maximum Gasteiger partial charge on any atom is 0.407 e. The van der Waals surface area contributed by atoms with Gasteiger partial charge in [0.05, 0.1) is 6.42 Å². The molecule has 1 aliphatic rings. The summed E-state index contributed by atoms with van der Waals surface area (Å²) in [5.41, 5.74) is 4.39. The molecule has 0 saturated carbocycles. The molecule has 0 heterocycles. The van der Waals surface area contributed by atoms with Crippen LogP contribution in [0.5, 0.6) is 0 Å². The van der Waals surface area contributed by atoms with Crippen LogP contribution in [0.25, 0.3) is 11.1 Å². The molecular weight excluding hydrogens is 420 g/mol. The fourth-order valence-corrected chi connectivity index (χ4v) is 4.03. The first-order chi connectivity index (χ1) is 15.8. The van der Waals surface area contributed by atoms with Gasteiger partial charge in [-0.1, -0.05) is 62.4 Å². The first-order valence-corrected chi connectivity index (χ1v) is 10.9. The number of hydrogen-bond acceptors (Lipinski definition) is 4. The minimum Gasteiger partial charge on any atom is -0.481 e. The lowest BCUT2D eigenvalue weighted by Gasteiger charge is -2.24. The lowest BCUT2D eigenvalue weighted by Crippen LogP contribution is -2.51. The molecule has 2 amide bonds. The van der Waals surface area contributed by atoms with Gasteiger partial charge in [0, 0.05) is 18.4 Å². The van der Waals surface area contributed by atoms with Crippen LogP contribution >= 0.6 is 0 Å². The van der Waals surface area contributed by atoms with Gasteiger partial charge in [0.1, 0.15) is 12.6 Å². The molecule has 0 aromatic heterocycles. The Balaban J connectivity index is 1.64. The molecule has 0 spiro atoms. The minimum atomic E-state index is -1.03. The summed E-state index contributed by atoms with van der Waals surface area (Å²) >= 11 is 0. The first-order valence-electron chi connectivity index (χ1n) is 10.9. The third-order valence-electron chi connectivity index (χ3n) is 5.80. The minimum absolute atomic E-state index is 0.0477. The van der Waals surface area contributed by atoms with Crippen LogP contribution in [0.1, 0.15) is 43.7 Å². The van der Waals surface area contributed by atoms with E-state index < -0.39 is 30.1 Å². The third-order valence-corrected chi connectivity index (χ3v) is 5.80. The Kier molecular flexibility index (Phi) is 7.73. The molecule has 0 fully saturated rings.